The summed E-state index contributed by atoms with van der Waals surface area (Å²) in [5, 5.41) is 6.97. The molecule has 2 aromatic carbocycles. The van der Waals surface area contributed by atoms with E-state index in [1.54, 1.807) is 0 Å². The highest BCUT2D eigenvalue weighted by Gasteiger charge is 2.41. The first-order valence-electron chi connectivity index (χ1n) is 9.69. The molecular weight excluding hydrogens is 465 g/mol. The number of benzene rings is 2. The van der Waals surface area contributed by atoms with Crippen molar-refractivity contribution in [3.8, 4) is 5.75 Å². The zero-order valence-corrected chi connectivity index (χ0v) is 18.5. The van der Waals surface area contributed by atoms with Crippen molar-refractivity contribution in [3.05, 3.63) is 65.7 Å². The van der Waals surface area contributed by atoms with Gasteiger partial charge < -0.3 is 20.1 Å². The molecule has 5 nitrogen and oxygen atoms in total. The third kappa shape index (κ3) is 5.17. The summed E-state index contributed by atoms with van der Waals surface area (Å²) in [5.41, 5.74) is 2.38. The molecule has 0 amide bonds. The molecule has 2 bridgehead atoms. The van der Waals surface area contributed by atoms with Gasteiger partial charge in [0.05, 0.1) is 18.2 Å². The van der Waals surface area contributed by atoms with Crippen LogP contribution in [-0.2, 0) is 17.9 Å². The summed E-state index contributed by atoms with van der Waals surface area (Å²) in [5.74, 6) is 1.71. The summed E-state index contributed by atoms with van der Waals surface area (Å²) in [6.07, 6.45) is 4.19. The Kier molecular flexibility index (Phi) is 7.56. The smallest absolute Gasteiger partial charge is 0.191 e. The van der Waals surface area contributed by atoms with Crippen molar-refractivity contribution >= 4 is 29.9 Å². The molecule has 0 aromatic heterocycles. The lowest BCUT2D eigenvalue weighted by Crippen LogP contribution is -2.47. The van der Waals surface area contributed by atoms with Gasteiger partial charge in [0, 0.05) is 13.6 Å². The van der Waals surface area contributed by atoms with Crippen LogP contribution in [0.15, 0.2) is 59.6 Å². The summed E-state index contributed by atoms with van der Waals surface area (Å²) in [7, 11) is 1.81. The molecule has 0 aliphatic carbocycles. The Morgan fingerprint density at radius 1 is 1.07 bits per heavy atom. The molecule has 2 aromatic rings. The van der Waals surface area contributed by atoms with E-state index in [0.717, 1.165) is 24.6 Å². The molecule has 6 heteroatoms. The molecule has 3 unspecified atom stereocenters. The molecule has 150 valence electrons. The minimum atomic E-state index is 0. The fourth-order valence-corrected chi connectivity index (χ4v) is 3.89. The van der Waals surface area contributed by atoms with Gasteiger partial charge >= 0.3 is 0 Å². The van der Waals surface area contributed by atoms with Gasteiger partial charge in [0.25, 0.3) is 0 Å². The van der Waals surface area contributed by atoms with Crippen LogP contribution in [-0.4, -0.2) is 31.3 Å². The number of halogens is 1. The Hall–Kier alpha value is -1.80. The maximum absolute atomic E-state index is 5.92. The third-order valence-corrected chi connectivity index (χ3v) is 5.35. The van der Waals surface area contributed by atoms with E-state index >= 15 is 0 Å². The molecule has 2 aliphatic rings. The molecule has 0 radical (unpaired) electrons. The maximum atomic E-state index is 5.92. The van der Waals surface area contributed by atoms with Gasteiger partial charge in [-0.05, 0) is 42.5 Å². The first kappa shape index (κ1) is 20.9. The molecule has 28 heavy (non-hydrogen) atoms. The first-order chi connectivity index (χ1) is 13.3. The number of nitrogens with zero attached hydrogens (tertiary/aromatic N) is 1. The van der Waals surface area contributed by atoms with Gasteiger partial charge in [-0.2, -0.15) is 0 Å². The average Bonchev–Trinajstić information content (AvgIpc) is 3.34. The van der Waals surface area contributed by atoms with E-state index in [9.17, 15) is 0 Å². The van der Waals surface area contributed by atoms with Crippen LogP contribution in [0.5, 0.6) is 5.75 Å². The van der Waals surface area contributed by atoms with Gasteiger partial charge in [-0.25, -0.2) is 0 Å². The summed E-state index contributed by atoms with van der Waals surface area (Å²) in [6.45, 7) is 1.25. The summed E-state index contributed by atoms with van der Waals surface area (Å²) in [4.78, 5) is 4.38. The fourth-order valence-electron chi connectivity index (χ4n) is 3.89. The normalized spacial score (nSPS) is 23.2. The van der Waals surface area contributed by atoms with E-state index in [2.05, 4.69) is 33.8 Å². The van der Waals surface area contributed by atoms with E-state index in [1.807, 2.05) is 43.4 Å². The molecule has 2 N–H and O–H groups in total. The molecule has 3 atom stereocenters. The monoisotopic (exact) mass is 493 g/mol. The Balaban J connectivity index is 0.00000225. The van der Waals surface area contributed by atoms with Crippen LogP contribution in [0.3, 0.4) is 0 Å². The minimum Gasteiger partial charge on any atom is -0.489 e. The van der Waals surface area contributed by atoms with Crippen LogP contribution < -0.4 is 15.4 Å². The highest BCUT2D eigenvalue weighted by molar-refractivity contribution is 14.0. The van der Waals surface area contributed by atoms with Gasteiger partial charge in [0.1, 0.15) is 12.4 Å². The van der Waals surface area contributed by atoms with E-state index in [-0.39, 0.29) is 24.0 Å². The predicted molar refractivity (Wildman–Crippen MR) is 122 cm³/mol. The number of aliphatic imine (C=N–C) groups is 1. The molecule has 0 saturated carbocycles. The number of hydrogen-bond donors (Lipinski definition) is 2. The Morgan fingerprint density at radius 2 is 1.82 bits per heavy atom. The highest BCUT2D eigenvalue weighted by Crippen LogP contribution is 2.34. The summed E-state index contributed by atoms with van der Waals surface area (Å²) in [6, 6.07) is 18.6. The zero-order valence-electron chi connectivity index (χ0n) is 16.1. The summed E-state index contributed by atoms with van der Waals surface area (Å²) < 4.78 is 11.8. The van der Waals surface area contributed by atoms with Crippen LogP contribution >= 0.6 is 24.0 Å². The number of fused-ring (bicyclic) bond motifs is 2. The fraction of sp³-hybridized carbons (Fsp3) is 0.409. The van der Waals surface area contributed by atoms with Gasteiger partial charge in [-0.3, -0.25) is 4.99 Å². The van der Waals surface area contributed by atoms with E-state index in [0.29, 0.717) is 31.4 Å². The second-order valence-corrected chi connectivity index (χ2v) is 7.16. The van der Waals surface area contributed by atoms with Crippen molar-refractivity contribution in [2.24, 2.45) is 4.99 Å². The number of hydrogen-bond acceptors (Lipinski definition) is 3. The molecule has 2 fully saturated rings. The van der Waals surface area contributed by atoms with Crippen LogP contribution in [0.2, 0.25) is 0 Å². The maximum Gasteiger partial charge on any atom is 0.191 e. The number of nitrogens with one attached hydrogen (secondary N) is 2. The van der Waals surface area contributed by atoms with Crippen LogP contribution in [0.1, 0.15) is 30.4 Å². The SMILES string of the molecule is CN=C(NCc1ccccc1COc1ccccc1)NC1CC2CCC1O2.I. The van der Waals surface area contributed by atoms with Crippen molar-refractivity contribution in [2.45, 2.75) is 50.7 Å². The van der Waals surface area contributed by atoms with Crippen molar-refractivity contribution < 1.29 is 9.47 Å². The molecule has 2 saturated heterocycles. The predicted octanol–water partition coefficient (Wildman–Crippen LogP) is 3.87. The van der Waals surface area contributed by atoms with Crippen LogP contribution in [0, 0.1) is 0 Å². The van der Waals surface area contributed by atoms with Crippen molar-refractivity contribution in [1.82, 2.24) is 10.6 Å². The number of ether oxygens (including phenoxy) is 2. The number of para-hydroxylation sites is 1. The lowest BCUT2D eigenvalue weighted by atomic mass is 9.96. The largest absolute Gasteiger partial charge is 0.489 e. The van der Waals surface area contributed by atoms with E-state index < -0.39 is 0 Å². The highest BCUT2D eigenvalue weighted by atomic mass is 127. The Labute approximate surface area is 183 Å². The van der Waals surface area contributed by atoms with Gasteiger partial charge in [-0.15, -0.1) is 24.0 Å². The molecular formula is C22H28IN3O2. The standard InChI is InChI=1S/C22H27N3O2.HI/c1-23-22(25-20-13-19-11-12-21(20)27-19)24-14-16-7-5-6-8-17(16)15-26-18-9-3-2-4-10-18;/h2-10,19-21H,11-15H2,1H3,(H2,23,24,25);1H. The second-order valence-electron chi connectivity index (χ2n) is 7.16. The van der Waals surface area contributed by atoms with Crippen molar-refractivity contribution in [2.75, 3.05) is 7.05 Å². The molecule has 2 aliphatic heterocycles. The quantitative estimate of drug-likeness (QED) is 0.365. The van der Waals surface area contributed by atoms with E-state index in [1.165, 1.54) is 17.5 Å². The molecule has 0 spiro atoms. The third-order valence-electron chi connectivity index (χ3n) is 5.35. The average molecular weight is 493 g/mol. The van der Waals surface area contributed by atoms with Gasteiger partial charge in [0.2, 0.25) is 0 Å². The van der Waals surface area contributed by atoms with Crippen molar-refractivity contribution in [3.63, 3.8) is 0 Å². The van der Waals surface area contributed by atoms with Gasteiger partial charge in [0.15, 0.2) is 5.96 Å². The van der Waals surface area contributed by atoms with Crippen molar-refractivity contribution in [1.29, 1.82) is 0 Å². The first-order valence-corrected chi connectivity index (χ1v) is 9.69. The van der Waals surface area contributed by atoms with Crippen LogP contribution in [0.4, 0.5) is 0 Å². The van der Waals surface area contributed by atoms with Crippen LogP contribution in [0.25, 0.3) is 0 Å². The molecule has 2 heterocycles. The zero-order chi connectivity index (χ0) is 18.5. The number of guanidine groups is 1. The number of rotatable bonds is 6. The summed E-state index contributed by atoms with van der Waals surface area (Å²) >= 11 is 0. The topological polar surface area (TPSA) is 54.9 Å². The lowest BCUT2D eigenvalue weighted by molar-refractivity contribution is 0.0992. The second kappa shape index (κ2) is 10.1. The van der Waals surface area contributed by atoms with E-state index in [4.69, 9.17) is 9.47 Å². The lowest BCUT2D eigenvalue weighted by Gasteiger charge is -2.23. The van der Waals surface area contributed by atoms with Gasteiger partial charge in [-0.1, -0.05) is 42.5 Å². The minimum absolute atomic E-state index is 0. The Morgan fingerprint density at radius 3 is 2.50 bits per heavy atom. The Bertz CT molecular complexity index is 784. The molecule has 4 rings (SSSR count).